The molecule has 1 atom stereocenters. The Balaban J connectivity index is 1.79. The summed E-state index contributed by atoms with van der Waals surface area (Å²) in [4.78, 5) is 2.53. The number of nitrogens with one attached hydrogen (secondary N) is 1. The summed E-state index contributed by atoms with van der Waals surface area (Å²) in [6, 6.07) is 11.3. The zero-order chi connectivity index (χ0) is 12.6. The van der Waals surface area contributed by atoms with Gasteiger partial charge in [-0.1, -0.05) is 48.0 Å². The first-order chi connectivity index (χ1) is 8.88. The van der Waals surface area contributed by atoms with Crippen molar-refractivity contribution in [1.82, 2.24) is 10.2 Å². The van der Waals surface area contributed by atoms with Gasteiger partial charge in [0.05, 0.1) is 0 Å². The van der Waals surface area contributed by atoms with Crippen molar-refractivity contribution < 1.29 is 0 Å². The Morgan fingerprint density at radius 2 is 2.17 bits per heavy atom. The van der Waals surface area contributed by atoms with Crippen molar-refractivity contribution in [3.05, 3.63) is 47.5 Å². The highest BCUT2D eigenvalue weighted by atomic mass is 35.5. The largest absolute Gasteiger partial charge is 0.309 e. The molecular formula is C15H21ClN2. The van der Waals surface area contributed by atoms with E-state index in [0.29, 0.717) is 6.04 Å². The van der Waals surface area contributed by atoms with Gasteiger partial charge in [-0.3, -0.25) is 4.90 Å². The van der Waals surface area contributed by atoms with Crippen LogP contribution in [0.2, 0.25) is 0 Å². The fourth-order valence-corrected chi connectivity index (χ4v) is 2.58. The highest BCUT2D eigenvalue weighted by Gasteiger charge is 2.18. The predicted octanol–water partition coefficient (Wildman–Crippen LogP) is 2.99. The lowest BCUT2D eigenvalue weighted by molar-refractivity contribution is 0.186. The minimum absolute atomic E-state index is 0.593. The molecule has 1 unspecified atom stereocenters. The fourth-order valence-electron chi connectivity index (χ4n) is 2.49. The molecule has 0 spiro atoms. The normalized spacial score (nSPS) is 21.5. The third-order valence-electron chi connectivity index (χ3n) is 3.37. The van der Waals surface area contributed by atoms with E-state index in [9.17, 15) is 0 Å². The lowest BCUT2D eigenvalue weighted by Gasteiger charge is -2.33. The molecular weight excluding hydrogens is 244 g/mol. The molecule has 98 valence electrons. The molecule has 1 aromatic rings. The molecule has 1 N–H and O–H groups in total. The minimum atomic E-state index is 0.593. The Hall–Kier alpha value is -0.830. The van der Waals surface area contributed by atoms with Gasteiger partial charge in [-0.15, -0.1) is 0 Å². The van der Waals surface area contributed by atoms with Gasteiger partial charge < -0.3 is 5.32 Å². The van der Waals surface area contributed by atoms with Crippen LogP contribution in [0.15, 0.2) is 41.9 Å². The number of likely N-dealkylation sites (tertiary alicyclic amines) is 1. The molecule has 1 saturated heterocycles. The van der Waals surface area contributed by atoms with E-state index in [2.05, 4.69) is 40.5 Å². The summed E-state index contributed by atoms with van der Waals surface area (Å²) < 4.78 is 0. The molecule has 18 heavy (non-hydrogen) atoms. The third-order valence-corrected chi connectivity index (χ3v) is 3.55. The maximum atomic E-state index is 5.52. The lowest BCUT2D eigenvalue weighted by atomic mass is 10.0. The van der Waals surface area contributed by atoms with Gasteiger partial charge in [0.15, 0.2) is 0 Å². The second kappa shape index (κ2) is 7.57. The maximum Gasteiger partial charge on any atom is 0.0234 e. The van der Waals surface area contributed by atoms with Crippen LogP contribution in [0.3, 0.4) is 0 Å². The molecule has 1 aliphatic heterocycles. The van der Waals surface area contributed by atoms with E-state index in [1.54, 1.807) is 5.54 Å². The summed E-state index contributed by atoms with van der Waals surface area (Å²) in [6.45, 7) is 4.27. The van der Waals surface area contributed by atoms with Gasteiger partial charge in [0, 0.05) is 31.2 Å². The van der Waals surface area contributed by atoms with Crippen molar-refractivity contribution in [2.45, 2.75) is 25.4 Å². The van der Waals surface area contributed by atoms with Crippen LogP contribution in [0.1, 0.15) is 18.4 Å². The van der Waals surface area contributed by atoms with Crippen LogP contribution in [0, 0.1) is 0 Å². The van der Waals surface area contributed by atoms with Crippen molar-refractivity contribution in [1.29, 1.82) is 0 Å². The van der Waals surface area contributed by atoms with Gasteiger partial charge in [0.2, 0.25) is 0 Å². The molecule has 1 aromatic carbocycles. The van der Waals surface area contributed by atoms with Gasteiger partial charge in [0.1, 0.15) is 0 Å². The number of benzene rings is 1. The van der Waals surface area contributed by atoms with Gasteiger partial charge >= 0.3 is 0 Å². The van der Waals surface area contributed by atoms with Crippen molar-refractivity contribution >= 4 is 11.6 Å². The van der Waals surface area contributed by atoms with Crippen LogP contribution in [0.5, 0.6) is 0 Å². The molecule has 1 fully saturated rings. The number of hydrogen-bond acceptors (Lipinski definition) is 2. The second-order valence-electron chi connectivity index (χ2n) is 4.83. The summed E-state index contributed by atoms with van der Waals surface area (Å²) in [5, 5.41) is 3.53. The average Bonchev–Trinajstić information content (AvgIpc) is 2.41. The van der Waals surface area contributed by atoms with Crippen LogP contribution in [0.25, 0.3) is 0 Å². The molecule has 0 amide bonds. The van der Waals surface area contributed by atoms with Crippen LogP contribution >= 0.6 is 11.6 Å². The molecule has 0 bridgehead atoms. The number of rotatable bonds is 5. The van der Waals surface area contributed by atoms with Crippen molar-refractivity contribution in [2.75, 3.05) is 19.6 Å². The van der Waals surface area contributed by atoms with E-state index in [4.69, 9.17) is 11.6 Å². The number of nitrogens with zero attached hydrogens (tertiary/aromatic N) is 1. The number of hydrogen-bond donors (Lipinski definition) is 1. The minimum Gasteiger partial charge on any atom is -0.309 e. The van der Waals surface area contributed by atoms with E-state index in [1.807, 2.05) is 6.08 Å². The molecule has 0 saturated carbocycles. The summed E-state index contributed by atoms with van der Waals surface area (Å²) in [5.74, 6) is 0. The van der Waals surface area contributed by atoms with Crippen molar-refractivity contribution in [3.8, 4) is 0 Å². The summed E-state index contributed by atoms with van der Waals surface area (Å²) in [5.41, 5.74) is 2.98. The molecule has 2 rings (SSSR count). The van der Waals surface area contributed by atoms with E-state index < -0.39 is 0 Å². The Morgan fingerprint density at radius 3 is 2.94 bits per heavy atom. The first kappa shape index (κ1) is 13.6. The van der Waals surface area contributed by atoms with E-state index >= 15 is 0 Å². The first-order valence-corrected chi connectivity index (χ1v) is 7.07. The zero-order valence-corrected chi connectivity index (χ0v) is 11.4. The fraction of sp³-hybridized carbons (Fsp3) is 0.467. The first-order valence-electron chi connectivity index (χ1n) is 6.63. The smallest absolute Gasteiger partial charge is 0.0234 e. The molecule has 0 aromatic heterocycles. The topological polar surface area (TPSA) is 15.3 Å². The van der Waals surface area contributed by atoms with Crippen molar-refractivity contribution in [2.24, 2.45) is 0 Å². The van der Waals surface area contributed by atoms with Gasteiger partial charge in [-0.25, -0.2) is 0 Å². The molecule has 1 aliphatic rings. The molecule has 2 nitrogen and oxygen atoms in total. The Bertz CT molecular complexity index is 364. The Kier molecular flexibility index (Phi) is 5.72. The second-order valence-corrected chi connectivity index (χ2v) is 5.08. The SMILES string of the molecule is Cl/C=C/CNC1CCCN(Cc2ccccc2)C1. The summed E-state index contributed by atoms with van der Waals surface area (Å²) in [6.07, 6.45) is 4.49. The molecule has 1 heterocycles. The standard InChI is InChI=1S/C15H21ClN2/c16-9-5-10-17-15-8-4-11-18(13-15)12-14-6-2-1-3-7-14/h1-3,5-7,9,15,17H,4,8,10-13H2/b9-5+. The number of halogens is 1. The van der Waals surface area contributed by atoms with Crippen molar-refractivity contribution in [3.63, 3.8) is 0 Å². The lowest BCUT2D eigenvalue weighted by Crippen LogP contribution is -2.45. The van der Waals surface area contributed by atoms with Crippen LogP contribution in [-0.4, -0.2) is 30.6 Å². The molecule has 0 aliphatic carbocycles. The van der Waals surface area contributed by atoms with E-state index in [-0.39, 0.29) is 0 Å². The number of piperidine rings is 1. The van der Waals surface area contributed by atoms with E-state index in [0.717, 1.165) is 19.6 Å². The third kappa shape index (κ3) is 4.45. The molecule has 3 heteroatoms. The quantitative estimate of drug-likeness (QED) is 0.880. The highest BCUT2D eigenvalue weighted by molar-refractivity contribution is 6.25. The summed E-state index contributed by atoms with van der Waals surface area (Å²) in [7, 11) is 0. The summed E-state index contributed by atoms with van der Waals surface area (Å²) >= 11 is 5.52. The Labute approximate surface area is 115 Å². The maximum absolute atomic E-state index is 5.52. The Morgan fingerprint density at radius 1 is 1.33 bits per heavy atom. The van der Waals surface area contributed by atoms with E-state index in [1.165, 1.54) is 24.9 Å². The van der Waals surface area contributed by atoms with Crippen LogP contribution in [0.4, 0.5) is 0 Å². The van der Waals surface area contributed by atoms with Crippen LogP contribution in [-0.2, 0) is 6.54 Å². The van der Waals surface area contributed by atoms with Crippen LogP contribution < -0.4 is 5.32 Å². The predicted molar refractivity (Wildman–Crippen MR) is 77.7 cm³/mol. The van der Waals surface area contributed by atoms with Gasteiger partial charge in [-0.05, 0) is 24.9 Å². The monoisotopic (exact) mass is 264 g/mol. The van der Waals surface area contributed by atoms with Gasteiger partial charge in [-0.2, -0.15) is 0 Å². The molecule has 0 radical (unpaired) electrons. The average molecular weight is 265 g/mol. The van der Waals surface area contributed by atoms with Gasteiger partial charge in [0.25, 0.3) is 0 Å². The zero-order valence-electron chi connectivity index (χ0n) is 10.7. The highest BCUT2D eigenvalue weighted by Crippen LogP contribution is 2.13.